The Morgan fingerprint density at radius 2 is 1.52 bits per heavy atom. The number of hydrogen-bond acceptors (Lipinski definition) is 5. The molecule has 6 heteroatoms. The Kier molecular flexibility index (Phi) is 5.70. The van der Waals surface area contributed by atoms with Crippen molar-refractivity contribution in [3.8, 4) is 11.5 Å². The molecular weight excluding hydrogens is 370 g/mol. The number of esters is 1. The zero-order chi connectivity index (χ0) is 20.4. The Morgan fingerprint density at radius 1 is 0.966 bits per heavy atom. The first kappa shape index (κ1) is 20.0. The van der Waals surface area contributed by atoms with E-state index in [2.05, 4.69) is 5.32 Å². The van der Waals surface area contributed by atoms with Crippen molar-refractivity contribution < 1.29 is 23.8 Å². The number of hydrogen-bond donors (Lipinski definition) is 1. The summed E-state index contributed by atoms with van der Waals surface area (Å²) < 4.78 is 15.7. The van der Waals surface area contributed by atoms with Crippen LogP contribution in [0, 0.1) is 17.8 Å². The molecule has 5 rings (SSSR count). The smallest absolute Gasteiger partial charge is 0.306 e. The minimum absolute atomic E-state index is 0.0462. The molecule has 0 aliphatic heterocycles. The molecule has 158 valence electrons. The van der Waals surface area contributed by atoms with Crippen molar-refractivity contribution >= 4 is 11.9 Å². The maximum Gasteiger partial charge on any atom is 0.306 e. The number of carbonyl (C=O) groups is 2. The second kappa shape index (κ2) is 8.25. The van der Waals surface area contributed by atoms with Crippen LogP contribution in [0.1, 0.15) is 50.5 Å². The number of carbonyl (C=O) groups excluding carboxylic acids is 2. The second-order valence-corrected chi connectivity index (χ2v) is 9.13. The highest BCUT2D eigenvalue weighted by Gasteiger charge is 2.51. The average Bonchev–Trinajstić information content (AvgIpc) is 2.69. The van der Waals surface area contributed by atoms with Crippen LogP contribution in [0.2, 0.25) is 0 Å². The molecule has 4 bridgehead atoms. The van der Waals surface area contributed by atoms with Crippen LogP contribution in [0.4, 0.5) is 0 Å². The van der Waals surface area contributed by atoms with Crippen molar-refractivity contribution in [1.29, 1.82) is 0 Å². The predicted octanol–water partition coefficient (Wildman–Crippen LogP) is 3.26. The van der Waals surface area contributed by atoms with Gasteiger partial charge in [-0.1, -0.05) is 0 Å². The Balaban J connectivity index is 1.23. The molecule has 6 nitrogen and oxygen atoms in total. The fourth-order valence-electron chi connectivity index (χ4n) is 6.07. The van der Waals surface area contributed by atoms with Gasteiger partial charge in [0.15, 0.2) is 6.61 Å². The third-order valence-corrected chi connectivity index (χ3v) is 6.84. The molecule has 0 radical (unpaired) electrons. The highest BCUT2D eigenvalue weighted by Crippen LogP contribution is 2.55. The minimum atomic E-state index is -0.368. The predicted molar refractivity (Wildman–Crippen MR) is 108 cm³/mol. The summed E-state index contributed by atoms with van der Waals surface area (Å²) in [4.78, 5) is 24.6. The van der Waals surface area contributed by atoms with E-state index in [1.807, 2.05) is 12.1 Å². The first-order valence-corrected chi connectivity index (χ1v) is 10.7. The van der Waals surface area contributed by atoms with Gasteiger partial charge in [-0.3, -0.25) is 9.59 Å². The van der Waals surface area contributed by atoms with Crippen molar-refractivity contribution in [3.63, 3.8) is 0 Å². The lowest BCUT2D eigenvalue weighted by molar-refractivity contribution is -0.150. The van der Waals surface area contributed by atoms with E-state index in [-0.39, 0.29) is 30.4 Å². The third-order valence-electron chi connectivity index (χ3n) is 6.84. The Morgan fingerprint density at radius 3 is 2.03 bits per heavy atom. The van der Waals surface area contributed by atoms with Crippen molar-refractivity contribution in [2.45, 2.75) is 56.9 Å². The number of aryl methyl sites for hydroxylation is 1. The van der Waals surface area contributed by atoms with Crippen molar-refractivity contribution in [2.75, 3.05) is 20.8 Å². The van der Waals surface area contributed by atoms with Gasteiger partial charge in [-0.25, -0.2) is 0 Å². The molecule has 0 heterocycles. The van der Waals surface area contributed by atoms with Gasteiger partial charge in [-0.2, -0.15) is 0 Å². The van der Waals surface area contributed by atoms with Crippen molar-refractivity contribution in [3.05, 3.63) is 23.8 Å². The summed E-state index contributed by atoms with van der Waals surface area (Å²) in [5.74, 6) is 3.14. The van der Waals surface area contributed by atoms with Crippen LogP contribution in [0.5, 0.6) is 11.5 Å². The Bertz CT molecular complexity index is 717. The lowest BCUT2D eigenvalue weighted by atomic mass is 9.53. The maximum absolute atomic E-state index is 12.5. The van der Waals surface area contributed by atoms with Crippen molar-refractivity contribution in [2.24, 2.45) is 17.8 Å². The number of rotatable bonds is 8. The molecule has 29 heavy (non-hydrogen) atoms. The summed E-state index contributed by atoms with van der Waals surface area (Å²) in [6.07, 6.45) is 7.99. The molecule has 1 aromatic rings. The number of nitrogens with one attached hydrogen (secondary N) is 1. The lowest BCUT2D eigenvalue weighted by Crippen LogP contribution is -2.60. The van der Waals surface area contributed by atoms with Gasteiger partial charge in [0.1, 0.15) is 11.5 Å². The van der Waals surface area contributed by atoms with Crippen LogP contribution in [0.3, 0.4) is 0 Å². The molecule has 4 aliphatic carbocycles. The van der Waals surface area contributed by atoms with E-state index >= 15 is 0 Å². The second-order valence-electron chi connectivity index (χ2n) is 9.13. The van der Waals surface area contributed by atoms with E-state index in [0.29, 0.717) is 17.9 Å². The molecule has 0 unspecified atom stereocenters. The summed E-state index contributed by atoms with van der Waals surface area (Å²) in [5, 5.41) is 3.23. The van der Waals surface area contributed by atoms with Crippen LogP contribution in [-0.2, 0) is 20.7 Å². The highest BCUT2D eigenvalue weighted by atomic mass is 16.5. The summed E-state index contributed by atoms with van der Waals surface area (Å²) in [6, 6.07) is 5.53. The normalized spacial score (nSPS) is 29.4. The van der Waals surface area contributed by atoms with E-state index in [4.69, 9.17) is 14.2 Å². The van der Waals surface area contributed by atoms with Crippen LogP contribution >= 0.6 is 0 Å². The molecule has 0 aromatic heterocycles. The monoisotopic (exact) mass is 401 g/mol. The van der Waals surface area contributed by atoms with Crippen LogP contribution in [0.25, 0.3) is 0 Å². The molecule has 0 atom stereocenters. The molecule has 1 amide bonds. The highest BCUT2D eigenvalue weighted by molar-refractivity contribution is 5.81. The molecule has 0 saturated heterocycles. The molecule has 4 fully saturated rings. The Hall–Kier alpha value is -2.24. The van der Waals surface area contributed by atoms with E-state index in [0.717, 1.165) is 42.6 Å². The van der Waals surface area contributed by atoms with E-state index in [1.165, 1.54) is 19.3 Å². The summed E-state index contributed by atoms with van der Waals surface area (Å²) >= 11 is 0. The van der Waals surface area contributed by atoms with Gasteiger partial charge in [-0.15, -0.1) is 0 Å². The summed E-state index contributed by atoms with van der Waals surface area (Å²) in [5.41, 5.74) is 0.881. The molecule has 0 spiro atoms. The fourth-order valence-corrected chi connectivity index (χ4v) is 6.07. The lowest BCUT2D eigenvalue weighted by Gasteiger charge is -2.56. The Labute approximate surface area is 172 Å². The van der Waals surface area contributed by atoms with Gasteiger partial charge in [0.25, 0.3) is 5.91 Å². The molecule has 1 aromatic carbocycles. The third kappa shape index (κ3) is 4.68. The van der Waals surface area contributed by atoms with Gasteiger partial charge in [0, 0.05) is 18.0 Å². The minimum Gasteiger partial charge on any atom is -0.497 e. The van der Waals surface area contributed by atoms with Gasteiger partial charge in [-0.05, 0) is 80.4 Å². The molecule has 1 N–H and O–H groups in total. The fraction of sp³-hybridized carbons (Fsp3) is 0.652. The zero-order valence-corrected chi connectivity index (χ0v) is 17.4. The molecule has 4 saturated carbocycles. The van der Waals surface area contributed by atoms with Gasteiger partial charge in [0.05, 0.1) is 14.2 Å². The first-order valence-electron chi connectivity index (χ1n) is 10.7. The zero-order valence-electron chi connectivity index (χ0n) is 17.4. The quantitative estimate of drug-likeness (QED) is 0.677. The number of benzene rings is 1. The van der Waals surface area contributed by atoms with Crippen LogP contribution in [-0.4, -0.2) is 38.2 Å². The van der Waals surface area contributed by atoms with Gasteiger partial charge < -0.3 is 19.5 Å². The number of amides is 1. The number of methoxy groups -OCH3 is 2. The van der Waals surface area contributed by atoms with Gasteiger partial charge >= 0.3 is 5.97 Å². The van der Waals surface area contributed by atoms with Gasteiger partial charge in [0.2, 0.25) is 0 Å². The van der Waals surface area contributed by atoms with Crippen molar-refractivity contribution in [1.82, 2.24) is 5.32 Å². The molecule has 4 aliphatic rings. The average molecular weight is 402 g/mol. The van der Waals surface area contributed by atoms with Crippen LogP contribution in [0.15, 0.2) is 18.2 Å². The first-order chi connectivity index (χ1) is 14.0. The SMILES string of the molecule is COc1cc(CCC(=O)OCC(=O)NC23CC4CC(CC(C4)C2)C3)cc(OC)c1. The maximum atomic E-state index is 12.5. The number of ether oxygens (including phenoxy) is 3. The largest absolute Gasteiger partial charge is 0.497 e. The standard InChI is InChI=1S/C23H31NO5/c1-27-19-8-15(9-20(10-19)28-2)3-4-22(26)29-14-21(25)24-23-11-16-5-17(12-23)7-18(6-16)13-23/h8-10,16-18H,3-7,11-14H2,1-2H3,(H,24,25). The van der Waals surface area contributed by atoms with E-state index in [9.17, 15) is 9.59 Å². The molecular formula is C23H31NO5. The van der Waals surface area contributed by atoms with Crippen LogP contribution < -0.4 is 14.8 Å². The summed E-state index contributed by atoms with van der Waals surface area (Å²) in [7, 11) is 3.18. The van der Waals surface area contributed by atoms with E-state index < -0.39 is 0 Å². The topological polar surface area (TPSA) is 73.9 Å². The van der Waals surface area contributed by atoms with E-state index in [1.54, 1.807) is 20.3 Å². The summed E-state index contributed by atoms with van der Waals surface area (Å²) in [6.45, 7) is -0.192.